The van der Waals surface area contributed by atoms with Crippen LogP contribution in [-0.2, 0) is 5.54 Å². The molecule has 3 heterocycles. The molecule has 13 rings (SSSR count). The number of benzene rings is 9. The Morgan fingerprint density at radius 3 is 1.49 bits per heavy atom. The molecule has 0 spiro atoms. The standard InChI is InChI=1S/C62H42N2S/c1-62-56-19-11-10-16-47(56)32-33-59(62)64-57(39-55-54-37-49-17-8-9-18-50(49)38-58(54)65-60(55)61(64)63-62)48-30-28-45(29-31-48)43-22-20-42(21-23-43)44-24-26-46(27-25-44)53-35-51(40-12-4-2-5-13-40)34-52(36-53)41-14-6-3-7-15-41/h2-39,59H,1H3. The van der Waals surface area contributed by atoms with E-state index < -0.39 is 5.54 Å². The van der Waals surface area contributed by atoms with Gasteiger partial charge in [-0.15, -0.1) is 11.3 Å². The van der Waals surface area contributed by atoms with Crippen LogP contribution in [0.2, 0.25) is 0 Å². The minimum absolute atomic E-state index is 0.0589. The van der Waals surface area contributed by atoms with Gasteiger partial charge in [0.2, 0.25) is 0 Å². The maximum atomic E-state index is 5.70. The number of thiophene rings is 1. The molecule has 2 aliphatic heterocycles. The highest BCUT2D eigenvalue weighted by molar-refractivity contribution is 7.21. The van der Waals surface area contributed by atoms with Gasteiger partial charge >= 0.3 is 0 Å². The van der Waals surface area contributed by atoms with Gasteiger partial charge in [0.15, 0.2) is 0 Å². The second kappa shape index (κ2) is 14.9. The topological polar surface area (TPSA) is 15.6 Å². The molecule has 1 aliphatic carbocycles. The van der Waals surface area contributed by atoms with E-state index in [0.29, 0.717) is 0 Å². The normalized spacial score (nSPS) is 17.0. The lowest BCUT2D eigenvalue weighted by Crippen LogP contribution is -2.44. The summed E-state index contributed by atoms with van der Waals surface area (Å²) in [6, 6.07) is 77.7. The van der Waals surface area contributed by atoms with Gasteiger partial charge in [-0.2, -0.15) is 0 Å². The van der Waals surface area contributed by atoms with Crippen molar-refractivity contribution in [3.05, 3.63) is 246 Å². The summed E-state index contributed by atoms with van der Waals surface area (Å²) in [6.45, 7) is 2.32. The van der Waals surface area contributed by atoms with Crippen LogP contribution < -0.4 is 0 Å². The van der Waals surface area contributed by atoms with Crippen molar-refractivity contribution in [1.29, 1.82) is 0 Å². The number of hydrogen-bond acceptors (Lipinski definition) is 3. The van der Waals surface area contributed by atoms with E-state index in [9.17, 15) is 0 Å². The largest absolute Gasteiger partial charge is 0.315 e. The van der Waals surface area contributed by atoms with Crippen molar-refractivity contribution in [2.75, 3.05) is 0 Å². The van der Waals surface area contributed by atoms with Crippen LogP contribution in [0, 0.1) is 0 Å². The summed E-state index contributed by atoms with van der Waals surface area (Å²) in [5.74, 6) is 1.07. The molecule has 65 heavy (non-hydrogen) atoms. The van der Waals surface area contributed by atoms with E-state index in [1.54, 1.807) is 0 Å². The van der Waals surface area contributed by atoms with Crippen LogP contribution in [0.1, 0.15) is 34.1 Å². The Bertz CT molecular complexity index is 3520. The van der Waals surface area contributed by atoms with Gasteiger partial charge in [-0.25, -0.2) is 0 Å². The van der Waals surface area contributed by atoms with Crippen molar-refractivity contribution in [1.82, 2.24) is 4.90 Å². The van der Waals surface area contributed by atoms with Gasteiger partial charge in [0, 0.05) is 15.6 Å². The van der Waals surface area contributed by atoms with Crippen molar-refractivity contribution in [2.45, 2.75) is 18.5 Å². The molecule has 2 nitrogen and oxygen atoms in total. The molecular formula is C62H42N2S. The summed E-state index contributed by atoms with van der Waals surface area (Å²) in [7, 11) is 0. The van der Waals surface area contributed by atoms with Crippen LogP contribution in [0.15, 0.2) is 223 Å². The Balaban J connectivity index is 0.818. The summed E-state index contributed by atoms with van der Waals surface area (Å²) in [5, 5.41) is 3.82. The average molecular weight is 847 g/mol. The first-order chi connectivity index (χ1) is 32.0. The monoisotopic (exact) mass is 846 g/mol. The molecule has 0 saturated carbocycles. The fourth-order valence-electron chi connectivity index (χ4n) is 10.4. The van der Waals surface area contributed by atoms with Crippen LogP contribution in [0.3, 0.4) is 0 Å². The van der Waals surface area contributed by atoms with Crippen LogP contribution in [0.5, 0.6) is 0 Å². The lowest BCUT2D eigenvalue weighted by atomic mass is 9.78. The van der Waals surface area contributed by atoms with Gasteiger partial charge in [-0.05, 0) is 126 Å². The Kier molecular flexibility index (Phi) is 8.62. The summed E-state index contributed by atoms with van der Waals surface area (Å²) in [6.07, 6.45) is 7.09. The lowest BCUT2D eigenvalue weighted by Gasteiger charge is -2.39. The van der Waals surface area contributed by atoms with Crippen molar-refractivity contribution < 1.29 is 0 Å². The fourth-order valence-corrected chi connectivity index (χ4v) is 11.6. The van der Waals surface area contributed by atoms with E-state index in [0.717, 1.165) is 5.84 Å². The third-order valence-electron chi connectivity index (χ3n) is 13.8. The minimum Gasteiger partial charge on any atom is -0.315 e. The molecule has 1 aromatic heterocycles. The first-order valence-corrected chi connectivity index (χ1v) is 23.3. The van der Waals surface area contributed by atoms with E-state index in [4.69, 9.17) is 4.99 Å². The van der Waals surface area contributed by atoms with Gasteiger partial charge in [0.1, 0.15) is 11.4 Å². The zero-order valence-electron chi connectivity index (χ0n) is 35.8. The molecule has 2 unspecified atom stereocenters. The first-order valence-electron chi connectivity index (χ1n) is 22.5. The molecule has 0 fully saturated rings. The Morgan fingerprint density at radius 1 is 0.462 bits per heavy atom. The van der Waals surface area contributed by atoms with Gasteiger partial charge in [-0.3, -0.25) is 4.99 Å². The quantitative estimate of drug-likeness (QED) is 0.163. The van der Waals surface area contributed by atoms with Gasteiger partial charge in [0.25, 0.3) is 0 Å². The van der Waals surface area contributed by atoms with Crippen LogP contribution >= 0.6 is 11.3 Å². The summed E-state index contributed by atoms with van der Waals surface area (Å²) in [5.41, 5.74) is 17.8. The van der Waals surface area contributed by atoms with Crippen molar-refractivity contribution in [3.8, 4) is 55.6 Å². The smallest absolute Gasteiger partial charge is 0.148 e. The molecule has 0 saturated heterocycles. The predicted molar refractivity (Wildman–Crippen MR) is 276 cm³/mol. The molecular weight excluding hydrogens is 805 g/mol. The highest BCUT2D eigenvalue weighted by Crippen LogP contribution is 2.52. The Labute approximate surface area is 383 Å². The van der Waals surface area contributed by atoms with E-state index in [2.05, 4.69) is 242 Å². The van der Waals surface area contributed by atoms with E-state index >= 15 is 0 Å². The molecule has 0 N–H and O–H groups in total. The van der Waals surface area contributed by atoms with Crippen LogP contribution in [-0.4, -0.2) is 16.8 Å². The van der Waals surface area contributed by atoms with Gasteiger partial charge < -0.3 is 4.90 Å². The molecule has 306 valence electrons. The second-order valence-electron chi connectivity index (χ2n) is 17.7. The van der Waals surface area contributed by atoms with Crippen molar-refractivity contribution in [3.63, 3.8) is 0 Å². The van der Waals surface area contributed by atoms with Crippen molar-refractivity contribution in [2.24, 2.45) is 4.99 Å². The third kappa shape index (κ3) is 6.26. The highest BCUT2D eigenvalue weighted by atomic mass is 32.1. The SMILES string of the molecule is CC12N=C3c4sc5cc6ccccc6cc5c4C=C(c4ccc(-c5ccc(-c6ccc(-c7cc(-c8ccccc8)cc(-c8ccccc8)c7)cc6)cc5)cc4)N3C1C=Cc1ccccc12. The fraction of sp³-hybridized carbons (Fsp3) is 0.0484. The molecule has 0 bridgehead atoms. The zero-order chi connectivity index (χ0) is 43.1. The maximum Gasteiger partial charge on any atom is 0.148 e. The van der Waals surface area contributed by atoms with Crippen molar-refractivity contribution >= 4 is 55.9 Å². The number of hydrogen-bond donors (Lipinski definition) is 0. The molecule has 3 aliphatic rings. The molecule has 2 atom stereocenters. The minimum atomic E-state index is -0.413. The lowest BCUT2D eigenvalue weighted by molar-refractivity contribution is 0.358. The van der Waals surface area contributed by atoms with Gasteiger partial charge in [-0.1, -0.05) is 194 Å². The summed E-state index contributed by atoms with van der Waals surface area (Å²) >= 11 is 1.87. The average Bonchev–Trinajstić information content (AvgIpc) is 3.90. The number of aliphatic imine (C=N–C) groups is 1. The summed E-state index contributed by atoms with van der Waals surface area (Å²) in [4.78, 5) is 9.46. The molecule has 0 radical (unpaired) electrons. The number of nitrogens with zero attached hydrogens (tertiary/aromatic N) is 2. The maximum absolute atomic E-state index is 5.70. The Morgan fingerprint density at radius 2 is 0.923 bits per heavy atom. The Hall–Kier alpha value is -7.85. The van der Waals surface area contributed by atoms with Crippen LogP contribution in [0.4, 0.5) is 0 Å². The second-order valence-corrected chi connectivity index (χ2v) is 18.7. The van der Waals surface area contributed by atoms with E-state index in [1.807, 2.05) is 11.3 Å². The number of amidine groups is 1. The van der Waals surface area contributed by atoms with E-state index in [1.165, 1.54) is 109 Å². The molecule has 0 amide bonds. The van der Waals surface area contributed by atoms with Crippen LogP contribution in [0.25, 0.3) is 94.3 Å². The molecule has 3 heteroatoms. The third-order valence-corrected chi connectivity index (χ3v) is 15.0. The van der Waals surface area contributed by atoms with E-state index in [-0.39, 0.29) is 6.04 Å². The predicted octanol–water partition coefficient (Wildman–Crippen LogP) is 16.3. The number of rotatable bonds is 6. The first kappa shape index (κ1) is 37.7. The highest BCUT2D eigenvalue weighted by Gasteiger charge is 2.51. The molecule has 10 aromatic rings. The zero-order valence-corrected chi connectivity index (χ0v) is 36.6. The number of fused-ring (bicyclic) bond motifs is 10. The summed E-state index contributed by atoms with van der Waals surface area (Å²) < 4.78 is 1.30. The van der Waals surface area contributed by atoms with Gasteiger partial charge in [0.05, 0.1) is 16.6 Å². The molecule has 9 aromatic carbocycles.